The van der Waals surface area contributed by atoms with E-state index in [-0.39, 0.29) is 29.3 Å². The number of carbonyl (C=O) groups is 1. The first-order chi connectivity index (χ1) is 16.0. The van der Waals surface area contributed by atoms with Gasteiger partial charge in [-0.05, 0) is 55.2 Å². The summed E-state index contributed by atoms with van der Waals surface area (Å²) < 4.78 is 16.2. The van der Waals surface area contributed by atoms with E-state index in [1.807, 2.05) is 24.3 Å². The van der Waals surface area contributed by atoms with Crippen molar-refractivity contribution >= 4 is 5.91 Å². The van der Waals surface area contributed by atoms with Crippen LogP contribution in [0.25, 0.3) is 0 Å². The molecular formula is C26H35N3O4. The summed E-state index contributed by atoms with van der Waals surface area (Å²) in [5.74, 6) is 1.89. The first-order valence-corrected chi connectivity index (χ1v) is 11.7. The molecule has 33 heavy (non-hydrogen) atoms. The Morgan fingerprint density at radius 2 is 1.61 bits per heavy atom. The van der Waals surface area contributed by atoms with Gasteiger partial charge in [-0.3, -0.25) is 10.2 Å². The molecule has 3 N–H and O–H groups in total. The van der Waals surface area contributed by atoms with Crippen LogP contribution >= 0.6 is 0 Å². The number of nitrogens with one attached hydrogen (secondary N) is 3. The van der Waals surface area contributed by atoms with Gasteiger partial charge >= 0.3 is 0 Å². The van der Waals surface area contributed by atoms with Crippen LogP contribution in [0.3, 0.4) is 0 Å². The number of amides is 1. The van der Waals surface area contributed by atoms with Crippen molar-refractivity contribution in [3.8, 4) is 11.5 Å². The number of carbonyl (C=O) groups excluding carboxylic acids is 1. The maximum Gasteiger partial charge on any atom is 0.220 e. The molecule has 2 aromatic rings. The number of hydrogen-bond acceptors (Lipinski definition) is 6. The predicted molar refractivity (Wildman–Crippen MR) is 127 cm³/mol. The van der Waals surface area contributed by atoms with E-state index >= 15 is 0 Å². The third kappa shape index (κ3) is 5.32. The molecule has 0 saturated carbocycles. The van der Waals surface area contributed by atoms with Crippen LogP contribution in [-0.2, 0) is 14.9 Å². The molecule has 3 unspecified atom stereocenters. The molecule has 3 atom stereocenters. The van der Waals surface area contributed by atoms with Crippen molar-refractivity contribution in [3.63, 3.8) is 0 Å². The zero-order valence-corrected chi connectivity index (χ0v) is 19.7. The Hall–Kier alpha value is -2.61. The van der Waals surface area contributed by atoms with Gasteiger partial charge in [-0.25, -0.2) is 5.43 Å². The zero-order chi connectivity index (χ0) is 23.3. The summed E-state index contributed by atoms with van der Waals surface area (Å²) >= 11 is 0. The molecule has 0 radical (unpaired) electrons. The normalized spacial score (nSPS) is 24.3. The third-order valence-corrected chi connectivity index (χ3v) is 7.21. The van der Waals surface area contributed by atoms with Crippen molar-refractivity contribution in [2.75, 3.05) is 34.0 Å². The molecule has 2 aliphatic heterocycles. The lowest BCUT2D eigenvalue weighted by Crippen LogP contribution is -2.45. The van der Waals surface area contributed by atoms with E-state index in [9.17, 15) is 4.79 Å². The number of ether oxygens (including phenoxy) is 3. The molecule has 2 fully saturated rings. The summed E-state index contributed by atoms with van der Waals surface area (Å²) in [5.41, 5.74) is 8.93. The van der Waals surface area contributed by atoms with Crippen molar-refractivity contribution in [1.29, 1.82) is 0 Å². The van der Waals surface area contributed by atoms with Crippen LogP contribution in [0, 0.1) is 5.92 Å². The lowest BCUT2D eigenvalue weighted by atomic mass is 9.74. The average Bonchev–Trinajstić information content (AvgIpc) is 3.23. The minimum Gasteiger partial charge on any atom is -0.497 e. The summed E-state index contributed by atoms with van der Waals surface area (Å²) in [6, 6.07) is 16.5. The first-order valence-electron chi connectivity index (χ1n) is 11.7. The molecule has 0 aliphatic carbocycles. The SMILES string of the molecule is COc1ccc(C2NNC(C)C2CC(=O)NCC2(c3ccc(OC)cc3)CCOCC2)cc1. The van der Waals surface area contributed by atoms with Gasteiger partial charge in [0.05, 0.1) is 20.3 Å². The smallest absolute Gasteiger partial charge is 0.220 e. The van der Waals surface area contributed by atoms with Crippen molar-refractivity contribution in [3.05, 3.63) is 59.7 Å². The van der Waals surface area contributed by atoms with E-state index in [0.717, 1.165) is 29.9 Å². The molecule has 2 heterocycles. The largest absolute Gasteiger partial charge is 0.497 e. The average molecular weight is 454 g/mol. The molecule has 178 valence electrons. The fourth-order valence-corrected chi connectivity index (χ4v) is 4.99. The van der Waals surface area contributed by atoms with Gasteiger partial charge in [0.25, 0.3) is 0 Å². The molecule has 0 spiro atoms. The van der Waals surface area contributed by atoms with Gasteiger partial charge in [-0.2, -0.15) is 0 Å². The molecule has 2 saturated heterocycles. The number of rotatable bonds is 8. The molecular weight excluding hydrogens is 418 g/mol. The van der Waals surface area contributed by atoms with Gasteiger partial charge in [-0.1, -0.05) is 24.3 Å². The fraction of sp³-hybridized carbons (Fsp3) is 0.500. The summed E-state index contributed by atoms with van der Waals surface area (Å²) in [7, 11) is 3.34. The molecule has 2 aliphatic rings. The topological polar surface area (TPSA) is 80.9 Å². The second kappa shape index (κ2) is 10.5. The van der Waals surface area contributed by atoms with Crippen LogP contribution in [0.2, 0.25) is 0 Å². The number of hydrazine groups is 1. The number of hydrogen-bond donors (Lipinski definition) is 3. The van der Waals surface area contributed by atoms with E-state index in [0.29, 0.717) is 26.2 Å². The van der Waals surface area contributed by atoms with Gasteiger partial charge in [0.2, 0.25) is 5.91 Å². The van der Waals surface area contributed by atoms with Crippen LogP contribution in [-0.4, -0.2) is 45.9 Å². The Labute approximate surface area is 196 Å². The highest BCUT2D eigenvalue weighted by atomic mass is 16.5. The molecule has 7 heteroatoms. The zero-order valence-electron chi connectivity index (χ0n) is 19.7. The van der Waals surface area contributed by atoms with Crippen molar-refractivity contribution < 1.29 is 19.0 Å². The molecule has 7 nitrogen and oxygen atoms in total. The lowest BCUT2D eigenvalue weighted by molar-refractivity contribution is -0.122. The monoisotopic (exact) mass is 453 g/mol. The van der Waals surface area contributed by atoms with Crippen molar-refractivity contribution in [1.82, 2.24) is 16.2 Å². The lowest BCUT2D eigenvalue weighted by Gasteiger charge is -2.38. The standard InChI is InChI=1S/C26H35N3O4/c1-18-23(25(29-28-18)19-4-8-21(31-2)9-5-19)16-24(30)27-17-26(12-14-33-15-13-26)20-6-10-22(32-3)11-7-20/h4-11,18,23,25,28-29H,12-17H2,1-3H3,(H,27,30). The molecule has 4 rings (SSSR count). The molecule has 2 aromatic carbocycles. The first kappa shape index (κ1) is 23.5. The maximum absolute atomic E-state index is 13.1. The predicted octanol–water partition coefficient (Wildman–Crippen LogP) is 3.11. The minimum atomic E-state index is -0.118. The van der Waals surface area contributed by atoms with Crippen LogP contribution in [0.5, 0.6) is 11.5 Å². The highest BCUT2D eigenvalue weighted by molar-refractivity contribution is 5.76. The Bertz CT molecular complexity index is 910. The third-order valence-electron chi connectivity index (χ3n) is 7.21. The van der Waals surface area contributed by atoms with Crippen LogP contribution in [0.1, 0.15) is 43.4 Å². The Kier molecular flexibility index (Phi) is 7.53. The molecule has 0 aromatic heterocycles. The van der Waals surface area contributed by atoms with Crippen molar-refractivity contribution in [2.45, 2.75) is 43.7 Å². The Balaban J connectivity index is 1.42. The van der Waals surface area contributed by atoms with E-state index in [4.69, 9.17) is 14.2 Å². The van der Waals surface area contributed by atoms with E-state index in [2.05, 4.69) is 47.4 Å². The van der Waals surface area contributed by atoms with Gasteiger partial charge in [0.1, 0.15) is 11.5 Å². The second-order valence-corrected chi connectivity index (χ2v) is 9.09. The summed E-state index contributed by atoms with van der Waals surface area (Å²) in [6.45, 7) is 4.13. The molecule has 0 bridgehead atoms. The van der Waals surface area contributed by atoms with E-state index in [1.165, 1.54) is 5.56 Å². The van der Waals surface area contributed by atoms with E-state index in [1.54, 1.807) is 14.2 Å². The van der Waals surface area contributed by atoms with Crippen LogP contribution in [0.4, 0.5) is 0 Å². The second-order valence-electron chi connectivity index (χ2n) is 9.09. The minimum absolute atomic E-state index is 0.0651. The quantitative estimate of drug-likeness (QED) is 0.570. The number of methoxy groups -OCH3 is 2. The number of benzene rings is 2. The Morgan fingerprint density at radius 3 is 2.21 bits per heavy atom. The highest BCUT2D eigenvalue weighted by Gasteiger charge is 2.38. The highest BCUT2D eigenvalue weighted by Crippen LogP contribution is 2.36. The fourth-order valence-electron chi connectivity index (χ4n) is 4.99. The van der Waals surface area contributed by atoms with Crippen molar-refractivity contribution in [2.24, 2.45) is 5.92 Å². The van der Waals surface area contributed by atoms with Gasteiger partial charge in [0.15, 0.2) is 0 Å². The maximum atomic E-state index is 13.1. The Morgan fingerprint density at radius 1 is 1.00 bits per heavy atom. The van der Waals surface area contributed by atoms with E-state index < -0.39 is 0 Å². The van der Waals surface area contributed by atoms with Crippen LogP contribution < -0.4 is 25.6 Å². The summed E-state index contributed by atoms with van der Waals surface area (Å²) in [5, 5.41) is 3.26. The van der Waals surface area contributed by atoms with Gasteiger partial charge in [0, 0.05) is 43.6 Å². The summed E-state index contributed by atoms with van der Waals surface area (Å²) in [4.78, 5) is 13.1. The van der Waals surface area contributed by atoms with Gasteiger partial charge in [-0.15, -0.1) is 0 Å². The van der Waals surface area contributed by atoms with Crippen LogP contribution in [0.15, 0.2) is 48.5 Å². The van der Waals surface area contributed by atoms with Gasteiger partial charge < -0.3 is 19.5 Å². The summed E-state index contributed by atoms with van der Waals surface area (Å²) in [6.07, 6.45) is 2.22. The molecule has 1 amide bonds.